The number of carbonyl (C=O) groups excluding carboxylic acids is 1. The van der Waals surface area contributed by atoms with Crippen LogP contribution in [0.1, 0.15) is 16.8 Å². The molecular weight excluding hydrogens is 351 g/mol. The molecule has 0 aliphatic heterocycles. The lowest BCUT2D eigenvalue weighted by atomic mass is 10.2. The summed E-state index contributed by atoms with van der Waals surface area (Å²) >= 11 is 0. The number of hydrogen-bond acceptors (Lipinski definition) is 7. The highest BCUT2D eigenvalue weighted by molar-refractivity contribution is 5.95. The zero-order chi connectivity index (χ0) is 19.1. The van der Waals surface area contributed by atoms with E-state index in [9.17, 15) is 9.18 Å². The van der Waals surface area contributed by atoms with Crippen molar-refractivity contribution in [1.82, 2.24) is 24.9 Å². The topological polar surface area (TPSA) is 123 Å². The molecule has 140 valence electrons. The number of rotatable bonds is 8. The highest BCUT2D eigenvalue weighted by Gasteiger charge is 2.12. The smallest absolute Gasteiger partial charge is 0.272 e. The number of halogens is 1. The van der Waals surface area contributed by atoms with Crippen LogP contribution >= 0.6 is 0 Å². The normalized spacial score (nSPS) is 10.4. The maximum absolute atomic E-state index is 13.6. The summed E-state index contributed by atoms with van der Waals surface area (Å²) in [5.74, 6) is -0.598. The molecule has 0 atom stereocenters. The Morgan fingerprint density at radius 2 is 2.04 bits per heavy atom. The Kier molecular flexibility index (Phi) is 5.77. The highest BCUT2D eigenvalue weighted by atomic mass is 19.1. The van der Waals surface area contributed by atoms with Crippen LogP contribution in [-0.4, -0.2) is 32.0 Å². The molecule has 0 unspecified atom stereocenters. The van der Waals surface area contributed by atoms with Crippen LogP contribution in [0.4, 0.5) is 21.7 Å². The number of hydrazine groups is 1. The molecule has 0 bridgehead atoms. The first kappa shape index (κ1) is 18.1. The van der Waals surface area contributed by atoms with Gasteiger partial charge in [-0.3, -0.25) is 15.6 Å². The van der Waals surface area contributed by atoms with Crippen molar-refractivity contribution in [2.45, 2.75) is 13.0 Å². The van der Waals surface area contributed by atoms with Gasteiger partial charge in [0.15, 0.2) is 11.6 Å². The molecule has 2 aromatic heterocycles. The molecule has 9 nitrogen and oxygen atoms in total. The van der Waals surface area contributed by atoms with Gasteiger partial charge in [-0.2, -0.15) is 0 Å². The number of anilines is 3. The van der Waals surface area contributed by atoms with Crippen molar-refractivity contribution >= 4 is 23.2 Å². The molecule has 0 saturated heterocycles. The number of aromatic nitrogens is 4. The fraction of sp³-hybridized carbons (Fsp3) is 0.176. The van der Waals surface area contributed by atoms with Crippen molar-refractivity contribution < 1.29 is 9.18 Å². The van der Waals surface area contributed by atoms with Crippen molar-refractivity contribution in [1.29, 1.82) is 0 Å². The number of benzene rings is 1. The predicted molar refractivity (Wildman–Crippen MR) is 99.3 cm³/mol. The van der Waals surface area contributed by atoms with Crippen LogP contribution < -0.4 is 21.9 Å². The van der Waals surface area contributed by atoms with Gasteiger partial charge in [0.05, 0.1) is 11.9 Å². The summed E-state index contributed by atoms with van der Waals surface area (Å²) in [5, 5.41) is 3.12. The molecule has 0 spiro atoms. The number of nitrogens with one attached hydrogen (secondary N) is 3. The lowest BCUT2D eigenvalue weighted by Crippen LogP contribution is -2.31. The van der Waals surface area contributed by atoms with E-state index in [4.69, 9.17) is 5.73 Å². The monoisotopic (exact) mass is 370 g/mol. The first-order chi connectivity index (χ1) is 13.1. The summed E-state index contributed by atoms with van der Waals surface area (Å²) in [7, 11) is 0. The van der Waals surface area contributed by atoms with E-state index in [1.54, 1.807) is 18.6 Å². The minimum Gasteiger partial charge on any atom is -0.393 e. The molecule has 3 rings (SSSR count). The van der Waals surface area contributed by atoms with Crippen LogP contribution in [0.5, 0.6) is 0 Å². The van der Waals surface area contributed by atoms with Gasteiger partial charge in [0, 0.05) is 25.5 Å². The number of aryl methyl sites for hydroxylation is 1. The Hall–Kier alpha value is -3.69. The molecule has 0 fully saturated rings. The SMILES string of the molecule is Nc1c(NCCCn2ccnc2)ncnc1NNC(=O)c1ccccc1F. The van der Waals surface area contributed by atoms with Crippen molar-refractivity contribution in [3.8, 4) is 0 Å². The Morgan fingerprint density at radius 1 is 1.22 bits per heavy atom. The Morgan fingerprint density at radius 3 is 2.81 bits per heavy atom. The van der Waals surface area contributed by atoms with E-state index >= 15 is 0 Å². The summed E-state index contributed by atoms with van der Waals surface area (Å²) in [6, 6.07) is 5.66. The maximum atomic E-state index is 13.6. The molecule has 1 aromatic carbocycles. The number of hydrogen-bond donors (Lipinski definition) is 4. The van der Waals surface area contributed by atoms with Gasteiger partial charge in [-0.1, -0.05) is 12.1 Å². The van der Waals surface area contributed by atoms with E-state index in [2.05, 4.69) is 31.1 Å². The van der Waals surface area contributed by atoms with Crippen LogP contribution in [0, 0.1) is 5.82 Å². The summed E-state index contributed by atoms with van der Waals surface area (Å²) < 4.78 is 15.6. The van der Waals surface area contributed by atoms with E-state index in [1.165, 1.54) is 24.5 Å². The second kappa shape index (κ2) is 8.61. The van der Waals surface area contributed by atoms with E-state index in [-0.39, 0.29) is 17.1 Å². The lowest BCUT2D eigenvalue weighted by molar-refractivity contribution is 0.0958. The van der Waals surface area contributed by atoms with Gasteiger partial charge < -0.3 is 15.6 Å². The molecule has 1 amide bonds. The second-order valence-electron chi connectivity index (χ2n) is 5.62. The van der Waals surface area contributed by atoms with Crippen LogP contribution in [-0.2, 0) is 6.54 Å². The standard InChI is InChI=1S/C17H19FN8O/c18-13-5-2-1-4-12(13)17(27)25-24-16-14(19)15(22-10-23-16)21-6-3-8-26-9-7-20-11-26/h1-2,4-5,7,9-11H,3,6,8,19H2,(H,25,27)(H2,21,22,23,24). The number of imidazole rings is 1. The number of nitrogens with zero attached hydrogens (tertiary/aromatic N) is 4. The number of nitrogens with two attached hydrogens (primary N) is 1. The van der Waals surface area contributed by atoms with Gasteiger partial charge in [-0.05, 0) is 18.6 Å². The fourth-order valence-corrected chi connectivity index (χ4v) is 2.35. The molecule has 0 aliphatic carbocycles. The zero-order valence-corrected chi connectivity index (χ0v) is 14.4. The third-order valence-electron chi connectivity index (χ3n) is 3.74. The van der Waals surface area contributed by atoms with Gasteiger partial charge in [-0.15, -0.1) is 0 Å². The van der Waals surface area contributed by atoms with Crippen LogP contribution in [0.3, 0.4) is 0 Å². The van der Waals surface area contributed by atoms with Gasteiger partial charge in [0.1, 0.15) is 17.8 Å². The Labute approximate surface area is 154 Å². The average Bonchev–Trinajstić information content (AvgIpc) is 3.19. The van der Waals surface area contributed by atoms with E-state index in [0.717, 1.165) is 13.0 Å². The van der Waals surface area contributed by atoms with Crippen molar-refractivity contribution in [2.75, 3.05) is 23.0 Å². The summed E-state index contributed by atoms with van der Waals surface area (Å²) in [6.07, 6.45) is 7.51. The first-order valence-corrected chi connectivity index (χ1v) is 8.26. The predicted octanol–water partition coefficient (Wildman–Crippen LogP) is 1.65. The van der Waals surface area contributed by atoms with Gasteiger partial charge >= 0.3 is 0 Å². The number of amides is 1. The van der Waals surface area contributed by atoms with E-state index < -0.39 is 11.7 Å². The molecular formula is C17H19FN8O. The molecule has 27 heavy (non-hydrogen) atoms. The zero-order valence-electron chi connectivity index (χ0n) is 14.4. The molecule has 0 aliphatic rings. The van der Waals surface area contributed by atoms with Crippen molar-refractivity contribution in [2.24, 2.45) is 0 Å². The largest absolute Gasteiger partial charge is 0.393 e. The van der Waals surface area contributed by atoms with Crippen LogP contribution in [0.15, 0.2) is 49.3 Å². The van der Waals surface area contributed by atoms with Crippen molar-refractivity contribution in [3.05, 3.63) is 60.7 Å². The Balaban J connectivity index is 1.54. The van der Waals surface area contributed by atoms with Crippen LogP contribution in [0.25, 0.3) is 0 Å². The quantitative estimate of drug-likeness (QED) is 0.351. The second-order valence-corrected chi connectivity index (χ2v) is 5.62. The third kappa shape index (κ3) is 4.69. The summed E-state index contributed by atoms with van der Waals surface area (Å²) in [4.78, 5) is 24.1. The molecule has 3 aromatic rings. The van der Waals surface area contributed by atoms with Gasteiger partial charge in [0.25, 0.3) is 5.91 Å². The first-order valence-electron chi connectivity index (χ1n) is 8.26. The minimum absolute atomic E-state index is 0.0875. The van der Waals surface area contributed by atoms with Gasteiger partial charge in [-0.25, -0.2) is 19.3 Å². The number of carbonyl (C=O) groups is 1. The minimum atomic E-state index is -0.638. The fourth-order valence-electron chi connectivity index (χ4n) is 2.35. The number of nitrogen functional groups attached to an aromatic ring is 1. The van der Waals surface area contributed by atoms with E-state index in [0.29, 0.717) is 12.4 Å². The summed E-state index contributed by atoms with van der Waals surface area (Å²) in [5.41, 5.74) is 11.2. The molecule has 10 heteroatoms. The molecule has 2 heterocycles. The van der Waals surface area contributed by atoms with Gasteiger partial charge in [0.2, 0.25) is 0 Å². The lowest BCUT2D eigenvalue weighted by Gasteiger charge is -2.13. The van der Waals surface area contributed by atoms with Crippen LogP contribution in [0.2, 0.25) is 0 Å². The third-order valence-corrected chi connectivity index (χ3v) is 3.74. The van der Waals surface area contributed by atoms with Crippen molar-refractivity contribution in [3.63, 3.8) is 0 Å². The highest BCUT2D eigenvalue weighted by Crippen LogP contribution is 2.21. The van der Waals surface area contributed by atoms with E-state index in [1.807, 2.05) is 10.8 Å². The maximum Gasteiger partial charge on any atom is 0.272 e. The molecule has 5 N–H and O–H groups in total. The summed E-state index contributed by atoms with van der Waals surface area (Å²) in [6.45, 7) is 1.45. The molecule has 0 radical (unpaired) electrons. The average molecular weight is 370 g/mol. The Bertz CT molecular complexity index is 900. The molecule has 0 saturated carbocycles.